The first-order valence-corrected chi connectivity index (χ1v) is 6.61. The van der Waals surface area contributed by atoms with Gasteiger partial charge in [0.25, 0.3) is 0 Å². The van der Waals surface area contributed by atoms with Gasteiger partial charge in [0, 0.05) is 5.92 Å². The molecule has 18 heavy (non-hydrogen) atoms. The molecule has 1 unspecified atom stereocenters. The van der Waals surface area contributed by atoms with Crippen LogP contribution in [0, 0.1) is 12.8 Å². The first-order valence-electron chi connectivity index (χ1n) is 6.61. The Morgan fingerprint density at radius 3 is 2.72 bits per heavy atom. The van der Waals surface area contributed by atoms with Crippen LogP contribution in [0.4, 0.5) is 0 Å². The Hall–Kier alpha value is -1.35. The van der Waals surface area contributed by atoms with Gasteiger partial charge in [-0.25, -0.2) is 0 Å². The molecule has 0 radical (unpaired) electrons. The quantitative estimate of drug-likeness (QED) is 0.813. The zero-order chi connectivity index (χ0) is 13.5. The number of amides is 1. The number of carbonyl (C=O) groups excluding carboxylic acids is 1. The second-order valence-corrected chi connectivity index (χ2v) is 4.98. The van der Waals surface area contributed by atoms with Crippen LogP contribution in [0.25, 0.3) is 0 Å². The van der Waals surface area contributed by atoms with E-state index < -0.39 is 0 Å². The minimum absolute atomic E-state index is 0.0285. The van der Waals surface area contributed by atoms with Gasteiger partial charge in [0.05, 0.1) is 6.04 Å². The summed E-state index contributed by atoms with van der Waals surface area (Å²) in [6.45, 7) is 6.67. The number of nitrogens with two attached hydrogens (primary N) is 1. The molecule has 100 valence electrons. The summed E-state index contributed by atoms with van der Waals surface area (Å²) in [5, 5.41) is 3.05. The fraction of sp³-hybridized carbons (Fsp3) is 0.533. The van der Waals surface area contributed by atoms with Crippen molar-refractivity contribution in [3.05, 3.63) is 35.4 Å². The largest absolute Gasteiger partial charge is 0.349 e. The molecule has 1 aromatic carbocycles. The van der Waals surface area contributed by atoms with Crippen molar-refractivity contribution in [2.75, 3.05) is 6.54 Å². The highest BCUT2D eigenvalue weighted by Gasteiger charge is 2.15. The predicted octanol–water partition coefficient (Wildman–Crippen LogP) is 2.55. The van der Waals surface area contributed by atoms with Crippen LogP contribution in [0.1, 0.15) is 43.9 Å². The van der Waals surface area contributed by atoms with Gasteiger partial charge in [0.2, 0.25) is 5.91 Å². The maximum atomic E-state index is 12.0. The molecule has 0 aliphatic rings. The lowest BCUT2D eigenvalue weighted by Crippen LogP contribution is -2.31. The third kappa shape index (κ3) is 4.49. The Balaban J connectivity index is 2.54. The maximum absolute atomic E-state index is 12.0. The first kappa shape index (κ1) is 14.7. The standard InChI is InChI=1S/C15H24N2O/c1-11-6-4-8-14(10-11)13(3)17-15(18)12(2)7-5-9-16/h4,6,8,10,12-13H,5,7,9,16H2,1-3H3,(H,17,18)/t12?,13-/m1/s1. The Morgan fingerprint density at radius 2 is 2.11 bits per heavy atom. The highest BCUT2D eigenvalue weighted by atomic mass is 16.1. The van der Waals surface area contributed by atoms with Crippen molar-refractivity contribution < 1.29 is 4.79 Å². The monoisotopic (exact) mass is 248 g/mol. The van der Waals surface area contributed by atoms with Crippen LogP contribution in [-0.4, -0.2) is 12.5 Å². The summed E-state index contributed by atoms with van der Waals surface area (Å²) in [6, 6.07) is 8.28. The van der Waals surface area contributed by atoms with Gasteiger partial charge < -0.3 is 11.1 Å². The number of aryl methyl sites for hydroxylation is 1. The molecule has 2 atom stereocenters. The molecule has 0 aliphatic heterocycles. The van der Waals surface area contributed by atoms with Gasteiger partial charge >= 0.3 is 0 Å². The van der Waals surface area contributed by atoms with E-state index in [4.69, 9.17) is 5.73 Å². The van der Waals surface area contributed by atoms with Crippen LogP contribution in [0.5, 0.6) is 0 Å². The molecule has 1 aromatic rings. The van der Waals surface area contributed by atoms with Gasteiger partial charge in [0.15, 0.2) is 0 Å². The van der Waals surface area contributed by atoms with E-state index in [1.54, 1.807) is 0 Å². The number of hydrogen-bond acceptors (Lipinski definition) is 2. The van der Waals surface area contributed by atoms with Gasteiger partial charge in [-0.15, -0.1) is 0 Å². The summed E-state index contributed by atoms with van der Waals surface area (Å²) in [4.78, 5) is 12.0. The lowest BCUT2D eigenvalue weighted by Gasteiger charge is -2.18. The number of nitrogens with one attached hydrogen (secondary N) is 1. The Bertz CT molecular complexity index is 390. The zero-order valence-corrected chi connectivity index (χ0v) is 11.6. The van der Waals surface area contributed by atoms with Crippen molar-refractivity contribution in [1.82, 2.24) is 5.32 Å². The molecule has 1 amide bonds. The van der Waals surface area contributed by atoms with Crippen LogP contribution in [0.3, 0.4) is 0 Å². The van der Waals surface area contributed by atoms with Gasteiger partial charge in [-0.2, -0.15) is 0 Å². The number of benzene rings is 1. The van der Waals surface area contributed by atoms with E-state index in [2.05, 4.69) is 24.4 Å². The summed E-state index contributed by atoms with van der Waals surface area (Å²) < 4.78 is 0. The fourth-order valence-electron chi connectivity index (χ4n) is 1.93. The van der Waals surface area contributed by atoms with Gasteiger partial charge in [-0.05, 0) is 38.8 Å². The van der Waals surface area contributed by atoms with Gasteiger partial charge in [-0.3, -0.25) is 4.79 Å². The van der Waals surface area contributed by atoms with Crippen LogP contribution >= 0.6 is 0 Å². The first-order chi connectivity index (χ1) is 8.54. The zero-order valence-electron chi connectivity index (χ0n) is 11.6. The average Bonchev–Trinajstić information content (AvgIpc) is 2.35. The molecule has 0 saturated heterocycles. The van der Waals surface area contributed by atoms with Crippen molar-refractivity contribution in [3.63, 3.8) is 0 Å². The Morgan fingerprint density at radius 1 is 1.39 bits per heavy atom. The highest BCUT2D eigenvalue weighted by molar-refractivity contribution is 5.78. The van der Waals surface area contributed by atoms with Crippen LogP contribution in [0.2, 0.25) is 0 Å². The third-order valence-corrected chi connectivity index (χ3v) is 3.19. The molecule has 0 aromatic heterocycles. The Kier molecular flexibility index (Phi) is 5.86. The number of hydrogen-bond donors (Lipinski definition) is 2. The van der Waals surface area contributed by atoms with Crippen molar-refractivity contribution >= 4 is 5.91 Å². The number of rotatable bonds is 6. The summed E-state index contributed by atoms with van der Waals surface area (Å²) in [7, 11) is 0. The molecular weight excluding hydrogens is 224 g/mol. The molecule has 0 saturated carbocycles. The SMILES string of the molecule is Cc1cccc([C@@H](C)NC(=O)C(C)CCCN)c1. The molecule has 0 fully saturated rings. The predicted molar refractivity (Wildman–Crippen MR) is 75.2 cm³/mol. The minimum atomic E-state index is 0.0285. The van der Waals surface area contributed by atoms with Gasteiger partial charge in [0.1, 0.15) is 0 Å². The second kappa shape index (κ2) is 7.17. The molecule has 3 N–H and O–H groups in total. The third-order valence-electron chi connectivity index (χ3n) is 3.19. The van der Waals surface area contributed by atoms with E-state index >= 15 is 0 Å². The lowest BCUT2D eigenvalue weighted by atomic mass is 10.0. The second-order valence-electron chi connectivity index (χ2n) is 4.98. The molecule has 0 heterocycles. The fourth-order valence-corrected chi connectivity index (χ4v) is 1.93. The summed E-state index contributed by atoms with van der Waals surface area (Å²) in [6.07, 6.45) is 1.75. The normalized spacial score (nSPS) is 14.0. The van der Waals surface area contributed by atoms with Crippen molar-refractivity contribution in [2.45, 2.75) is 39.7 Å². The van der Waals surface area contributed by atoms with Crippen molar-refractivity contribution in [2.24, 2.45) is 11.7 Å². The maximum Gasteiger partial charge on any atom is 0.223 e. The molecule has 0 spiro atoms. The number of carbonyl (C=O) groups is 1. The molecule has 3 heteroatoms. The van der Waals surface area contributed by atoms with E-state index in [1.165, 1.54) is 5.56 Å². The highest BCUT2D eigenvalue weighted by Crippen LogP contribution is 2.15. The summed E-state index contributed by atoms with van der Waals surface area (Å²) in [5.74, 6) is 0.137. The average molecular weight is 248 g/mol. The van der Waals surface area contributed by atoms with E-state index in [0.717, 1.165) is 18.4 Å². The molecular formula is C15H24N2O. The van der Waals surface area contributed by atoms with Crippen molar-refractivity contribution in [3.8, 4) is 0 Å². The van der Waals surface area contributed by atoms with E-state index in [0.29, 0.717) is 6.54 Å². The molecule has 3 nitrogen and oxygen atoms in total. The summed E-state index contributed by atoms with van der Waals surface area (Å²) >= 11 is 0. The molecule has 0 bridgehead atoms. The lowest BCUT2D eigenvalue weighted by molar-refractivity contribution is -0.125. The van der Waals surface area contributed by atoms with E-state index in [9.17, 15) is 4.79 Å². The van der Waals surface area contributed by atoms with E-state index in [-0.39, 0.29) is 17.9 Å². The van der Waals surface area contributed by atoms with Crippen LogP contribution in [-0.2, 0) is 4.79 Å². The van der Waals surface area contributed by atoms with Crippen LogP contribution in [0.15, 0.2) is 24.3 Å². The summed E-state index contributed by atoms with van der Waals surface area (Å²) in [5.41, 5.74) is 7.81. The smallest absolute Gasteiger partial charge is 0.223 e. The minimum Gasteiger partial charge on any atom is -0.349 e. The molecule has 1 rings (SSSR count). The molecule has 0 aliphatic carbocycles. The van der Waals surface area contributed by atoms with E-state index in [1.807, 2.05) is 26.0 Å². The van der Waals surface area contributed by atoms with Crippen molar-refractivity contribution in [1.29, 1.82) is 0 Å². The van der Waals surface area contributed by atoms with Crippen LogP contribution < -0.4 is 11.1 Å². The Labute approximate surface area is 110 Å². The van der Waals surface area contributed by atoms with Gasteiger partial charge in [-0.1, -0.05) is 36.8 Å². The topological polar surface area (TPSA) is 55.1 Å².